The molecular weight excluding hydrogens is 237 g/mol. The maximum Gasteiger partial charge on any atom is 0.0355 e. The Hall–Kier alpha value is 0.690. The van der Waals surface area contributed by atoms with Crippen LogP contribution in [0.5, 0.6) is 0 Å². The van der Waals surface area contributed by atoms with Crippen LogP contribution in [0.2, 0.25) is 0 Å². The molecule has 4 aliphatic rings. The molecule has 0 aromatic heterocycles. The van der Waals surface area contributed by atoms with Crippen molar-refractivity contribution < 1.29 is 0 Å². The summed E-state index contributed by atoms with van der Waals surface area (Å²) in [6.07, 6.45) is 3.05. The molecule has 0 N–H and O–H groups in total. The van der Waals surface area contributed by atoms with Gasteiger partial charge >= 0.3 is 0 Å². The zero-order chi connectivity index (χ0) is 6.77. The summed E-state index contributed by atoms with van der Waals surface area (Å²) in [7, 11) is 0. The van der Waals surface area contributed by atoms with Crippen LogP contribution in [0.15, 0.2) is 0 Å². The predicted molar refractivity (Wildman–Crippen MR) is 49.4 cm³/mol. The zero-order valence-corrected chi connectivity index (χ0v) is 8.17. The van der Waals surface area contributed by atoms with Gasteiger partial charge in [-0.2, -0.15) is 0 Å². The van der Waals surface area contributed by atoms with Crippen LogP contribution in [0.25, 0.3) is 0 Å². The van der Waals surface area contributed by atoms with Crippen LogP contribution in [0.3, 0.4) is 0 Å². The maximum absolute atomic E-state index is 2.70. The highest BCUT2D eigenvalue weighted by molar-refractivity contribution is 14.1. The molecule has 1 nitrogen and oxygen atoms in total. The Morgan fingerprint density at radius 2 is 1.80 bits per heavy atom. The van der Waals surface area contributed by atoms with E-state index in [2.05, 4.69) is 27.5 Å². The molecule has 2 unspecified atom stereocenters. The number of rotatable bonds is 0. The number of hydrogen-bond acceptors (Lipinski definition) is 1. The third kappa shape index (κ3) is 0.670. The van der Waals surface area contributed by atoms with Crippen LogP contribution < -0.4 is 0 Å². The molecule has 3 saturated heterocycles. The highest BCUT2D eigenvalue weighted by atomic mass is 127. The van der Waals surface area contributed by atoms with E-state index >= 15 is 0 Å². The van der Waals surface area contributed by atoms with Crippen molar-refractivity contribution in [1.29, 1.82) is 0 Å². The van der Waals surface area contributed by atoms with Crippen LogP contribution >= 0.6 is 22.6 Å². The second-order valence-electron chi connectivity index (χ2n) is 4.27. The minimum atomic E-state index is 0.712. The fourth-order valence-electron chi connectivity index (χ4n) is 3.18. The van der Waals surface area contributed by atoms with Gasteiger partial charge in [-0.15, -0.1) is 0 Å². The van der Waals surface area contributed by atoms with E-state index in [0.29, 0.717) is 3.42 Å². The molecule has 3 heterocycles. The summed E-state index contributed by atoms with van der Waals surface area (Å²) in [6.45, 7) is 4.24. The number of piperidine rings is 2. The number of alkyl halides is 1. The Morgan fingerprint density at radius 1 is 1.20 bits per heavy atom. The van der Waals surface area contributed by atoms with E-state index in [9.17, 15) is 0 Å². The van der Waals surface area contributed by atoms with E-state index in [1.165, 1.54) is 32.5 Å². The van der Waals surface area contributed by atoms with Crippen molar-refractivity contribution in [2.24, 2.45) is 11.8 Å². The SMILES string of the molecule is IC12CC3CN(CC3C1)C2. The summed E-state index contributed by atoms with van der Waals surface area (Å²) in [6, 6.07) is 0. The molecule has 2 heteroatoms. The molecule has 2 atom stereocenters. The molecule has 0 spiro atoms. The fourth-order valence-corrected chi connectivity index (χ4v) is 4.79. The molecule has 56 valence electrons. The average Bonchev–Trinajstić information content (AvgIpc) is 2.16. The summed E-state index contributed by atoms with van der Waals surface area (Å²) in [4.78, 5) is 2.66. The van der Waals surface area contributed by atoms with Crippen LogP contribution in [0.1, 0.15) is 12.8 Å². The third-order valence-electron chi connectivity index (χ3n) is 3.42. The minimum absolute atomic E-state index is 0.712. The second-order valence-corrected chi connectivity index (χ2v) is 6.56. The van der Waals surface area contributed by atoms with Gasteiger partial charge < -0.3 is 4.90 Å². The predicted octanol–water partition coefficient (Wildman–Crippen LogP) is 1.52. The van der Waals surface area contributed by atoms with Crippen molar-refractivity contribution in [2.75, 3.05) is 19.6 Å². The van der Waals surface area contributed by atoms with Crippen molar-refractivity contribution in [3.05, 3.63) is 0 Å². The van der Waals surface area contributed by atoms with E-state index in [-0.39, 0.29) is 0 Å². The van der Waals surface area contributed by atoms with Crippen molar-refractivity contribution in [3.63, 3.8) is 0 Å². The first-order valence-electron chi connectivity index (χ1n) is 4.16. The van der Waals surface area contributed by atoms with Gasteiger partial charge in [0.05, 0.1) is 0 Å². The van der Waals surface area contributed by atoms with Crippen LogP contribution in [0, 0.1) is 11.8 Å². The van der Waals surface area contributed by atoms with Gasteiger partial charge in [0.2, 0.25) is 0 Å². The van der Waals surface area contributed by atoms with Gasteiger partial charge in [-0.3, -0.25) is 0 Å². The largest absolute Gasteiger partial charge is 0.301 e. The highest BCUT2D eigenvalue weighted by Crippen LogP contribution is 2.53. The van der Waals surface area contributed by atoms with E-state index in [0.717, 1.165) is 11.8 Å². The smallest absolute Gasteiger partial charge is 0.0355 e. The van der Waals surface area contributed by atoms with Gasteiger partial charge in [0, 0.05) is 23.1 Å². The van der Waals surface area contributed by atoms with E-state index in [1.807, 2.05) is 0 Å². The molecule has 4 fully saturated rings. The first-order valence-corrected chi connectivity index (χ1v) is 5.24. The summed E-state index contributed by atoms with van der Waals surface area (Å²) >= 11 is 2.70. The Balaban J connectivity index is 2.01. The van der Waals surface area contributed by atoms with Crippen molar-refractivity contribution in [1.82, 2.24) is 4.90 Å². The monoisotopic (exact) mass is 249 g/mol. The molecule has 4 rings (SSSR count). The van der Waals surface area contributed by atoms with Gasteiger partial charge in [-0.1, -0.05) is 22.6 Å². The molecule has 0 radical (unpaired) electrons. The molecular formula is C8H12IN. The first kappa shape index (κ1) is 6.23. The van der Waals surface area contributed by atoms with Gasteiger partial charge in [-0.05, 0) is 24.7 Å². The highest BCUT2D eigenvalue weighted by Gasteiger charge is 2.53. The fraction of sp³-hybridized carbons (Fsp3) is 1.00. The maximum atomic E-state index is 2.70. The van der Waals surface area contributed by atoms with Gasteiger partial charge in [-0.25, -0.2) is 0 Å². The van der Waals surface area contributed by atoms with Crippen LogP contribution in [-0.2, 0) is 0 Å². The molecule has 3 aliphatic heterocycles. The first-order chi connectivity index (χ1) is 4.75. The summed E-state index contributed by atoms with van der Waals surface area (Å²) in [5.74, 6) is 2.18. The number of hydrogen-bond donors (Lipinski definition) is 0. The molecule has 1 aliphatic carbocycles. The molecule has 0 aromatic carbocycles. The normalized spacial score (nSPS) is 63.9. The van der Waals surface area contributed by atoms with Crippen LogP contribution in [-0.4, -0.2) is 28.0 Å². The Morgan fingerprint density at radius 3 is 2.20 bits per heavy atom. The lowest BCUT2D eigenvalue weighted by molar-refractivity contribution is 0.227. The molecule has 0 amide bonds. The van der Waals surface area contributed by atoms with Crippen molar-refractivity contribution >= 4 is 22.6 Å². The Labute approximate surface area is 75.3 Å². The second kappa shape index (κ2) is 1.71. The van der Waals surface area contributed by atoms with Gasteiger partial charge in [0.1, 0.15) is 0 Å². The van der Waals surface area contributed by atoms with Crippen molar-refractivity contribution in [3.8, 4) is 0 Å². The summed E-state index contributed by atoms with van der Waals surface area (Å²) in [5, 5.41) is 0. The Kier molecular flexibility index (Phi) is 1.07. The number of nitrogens with zero attached hydrogens (tertiary/aromatic N) is 1. The summed E-state index contributed by atoms with van der Waals surface area (Å²) in [5.41, 5.74) is 0. The van der Waals surface area contributed by atoms with Gasteiger partial charge in [0.15, 0.2) is 0 Å². The lowest BCUT2D eigenvalue weighted by atomic mass is 10.0. The van der Waals surface area contributed by atoms with Crippen molar-refractivity contribution in [2.45, 2.75) is 16.3 Å². The average molecular weight is 249 g/mol. The molecule has 1 saturated carbocycles. The quantitative estimate of drug-likeness (QED) is 0.464. The topological polar surface area (TPSA) is 3.24 Å². The summed E-state index contributed by atoms with van der Waals surface area (Å²) < 4.78 is 0.712. The van der Waals surface area contributed by atoms with Gasteiger partial charge in [0.25, 0.3) is 0 Å². The lowest BCUT2D eigenvalue weighted by Gasteiger charge is -2.35. The van der Waals surface area contributed by atoms with Crippen LogP contribution in [0.4, 0.5) is 0 Å². The van der Waals surface area contributed by atoms with E-state index in [4.69, 9.17) is 0 Å². The third-order valence-corrected chi connectivity index (χ3v) is 4.64. The zero-order valence-electron chi connectivity index (χ0n) is 6.02. The van der Waals surface area contributed by atoms with E-state index < -0.39 is 0 Å². The Bertz CT molecular complexity index is 161. The number of halogens is 1. The minimum Gasteiger partial charge on any atom is -0.301 e. The van der Waals surface area contributed by atoms with E-state index in [1.54, 1.807) is 0 Å². The standard InChI is InChI=1S/C8H12IN/c9-8-1-6-3-10(5-8)4-7(6)2-8/h6-7H,1-5H2. The molecule has 10 heavy (non-hydrogen) atoms. The lowest BCUT2D eigenvalue weighted by Crippen LogP contribution is -2.42. The molecule has 4 bridgehead atoms. The molecule has 0 aromatic rings.